The van der Waals surface area contributed by atoms with Crippen LogP contribution in [0.2, 0.25) is 0 Å². The van der Waals surface area contributed by atoms with E-state index in [-0.39, 0.29) is 11.9 Å². The Morgan fingerprint density at radius 1 is 1.12 bits per heavy atom. The molecule has 1 aromatic heterocycles. The van der Waals surface area contributed by atoms with Crippen LogP contribution in [0.25, 0.3) is 0 Å². The van der Waals surface area contributed by atoms with Gasteiger partial charge in [0.15, 0.2) is 0 Å². The molecule has 0 unspecified atom stereocenters. The average molecular weight is 339 g/mol. The van der Waals surface area contributed by atoms with E-state index in [0.717, 1.165) is 35.5 Å². The van der Waals surface area contributed by atoms with Gasteiger partial charge in [0.25, 0.3) is 5.91 Å². The van der Waals surface area contributed by atoms with Crippen LogP contribution in [-0.4, -0.2) is 41.0 Å². The second-order valence-corrected chi connectivity index (χ2v) is 7.52. The van der Waals surface area contributed by atoms with Crippen molar-refractivity contribution in [3.8, 4) is 0 Å². The highest BCUT2D eigenvalue weighted by Crippen LogP contribution is 2.31. The van der Waals surface area contributed by atoms with Crippen molar-refractivity contribution in [2.45, 2.75) is 41.3 Å². The number of likely N-dealkylation sites (tertiary alicyclic amines) is 1. The van der Waals surface area contributed by atoms with Gasteiger partial charge in [0.05, 0.1) is 5.56 Å². The molecule has 2 aliphatic rings. The number of hydrogen-bond acceptors (Lipinski definition) is 4. The second-order valence-electron chi connectivity index (χ2n) is 6.46. The highest BCUT2D eigenvalue weighted by molar-refractivity contribution is 7.99. The number of carbonyl (C=O) groups excluding carboxylic acids is 1. The molecular formula is C19H21N3OS. The maximum absolute atomic E-state index is 12.7. The first kappa shape index (κ1) is 15.7. The Hall–Kier alpha value is -1.85. The molecular weight excluding hydrogens is 318 g/mol. The van der Waals surface area contributed by atoms with E-state index >= 15 is 0 Å². The minimum absolute atomic E-state index is 0.0100. The fourth-order valence-electron chi connectivity index (χ4n) is 3.18. The number of rotatable bonds is 5. The molecule has 0 radical (unpaired) electrons. The third-order valence-electron chi connectivity index (χ3n) is 4.59. The molecule has 2 fully saturated rings. The fraction of sp³-hybridized carbons (Fsp3) is 0.368. The molecule has 1 aliphatic heterocycles. The second kappa shape index (κ2) is 6.95. The molecule has 0 spiro atoms. The first-order valence-corrected chi connectivity index (χ1v) is 9.34. The summed E-state index contributed by atoms with van der Waals surface area (Å²) in [5, 5.41) is 3.96. The lowest BCUT2D eigenvalue weighted by Gasteiger charge is -2.16. The first-order chi connectivity index (χ1) is 11.8. The predicted molar refractivity (Wildman–Crippen MR) is 95.3 cm³/mol. The molecule has 0 bridgehead atoms. The van der Waals surface area contributed by atoms with E-state index in [1.165, 1.54) is 24.6 Å². The minimum atomic E-state index is -0.0100. The Morgan fingerprint density at radius 2 is 1.96 bits per heavy atom. The number of benzene rings is 1. The molecule has 5 heteroatoms. The molecule has 1 saturated carbocycles. The molecule has 2 aromatic rings. The third kappa shape index (κ3) is 3.62. The van der Waals surface area contributed by atoms with E-state index in [1.807, 2.05) is 42.5 Å². The Labute approximate surface area is 146 Å². The largest absolute Gasteiger partial charge is 0.348 e. The molecule has 1 aromatic carbocycles. The van der Waals surface area contributed by atoms with Crippen LogP contribution in [0.4, 0.5) is 0 Å². The van der Waals surface area contributed by atoms with Crippen LogP contribution in [0.5, 0.6) is 0 Å². The van der Waals surface area contributed by atoms with Gasteiger partial charge in [-0.3, -0.25) is 9.69 Å². The van der Waals surface area contributed by atoms with Gasteiger partial charge in [-0.05, 0) is 43.5 Å². The van der Waals surface area contributed by atoms with Gasteiger partial charge in [-0.1, -0.05) is 30.0 Å². The topological polar surface area (TPSA) is 45.2 Å². The summed E-state index contributed by atoms with van der Waals surface area (Å²) in [5.41, 5.74) is 0.663. The summed E-state index contributed by atoms with van der Waals surface area (Å²) in [6.45, 7) is 2.09. The average Bonchev–Trinajstić information content (AvgIpc) is 3.36. The SMILES string of the molecule is O=C(N[C@H]1CCN(C2CC2)C1)c1cccnc1Sc1ccccc1. The summed E-state index contributed by atoms with van der Waals surface area (Å²) in [7, 11) is 0. The minimum Gasteiger partial charge on any atom is -0.348 e. The zero-order valence-electron chi connectivity index (χ0n) is 13.5. The number of pyridine rings is 1. The van der Waals surface area contributed by atoms with Crippen LogP contribution in [0, 0.1) is 0 Å². The van der Waals surface area contributed by atoms with Crippen LogP contribution in [-0.2, 0) is 0 Å². The van der Waals surface area contributed by atoms with Crippen molar-refractivity contribution in [1.82, 2.24) is 15.2 Å². The molecule has 24 heavy (non-hydrogen) atoms. The lowest BCUT2D eigenvalue weighted by Crippen LogP contribution is -2.37. The molecule has 1 N–H and O–H groups in total. The number of nitrogens with one attached hydrogen (secondary N) is 1. The van der Waals surface area contributed by atoms with Gasteiger partial charge < -0.3 is 5.32 Å². The van der Waals surface area contributed by atoms with Crippen LogP contribution < -0.4 is 5.32 Å². The monoisotopic (exact) mass is 339 g/mol. The van der Waals surface area contributed by atoms with Gasteiger partial charge in [0, 0.05) is 36.3 Å². The Bertz CT molecular complexity index is 718. The quantitative estimate of drug-likeness (QED) is 0.909. The summed E-state index contributed by atoms with van der Waals surface area (Å²) < 4.78 is 0. The van der Waals surface area contributed by atoms with Crippen molar-refractivity contribution >= 4 is 17.7 Å². The van der Waals surface area contributed by atoms with E-state index in [9.17, 15) is 4.79 Å². The van der Waals surface area contributed by atoms with Crippen molar-refractivity contribution < 1.29 is 4.79 Å². The summed E-state index contributed by atoms with van der Waals surface area (Å²) >= 11 is 1.53. The summed E-state index contributed by atoms with van der Waals surface area (Å²) in [5.74, 6) is -0.0100. The van der Waals surface area contributed by atoms with E-state index in [4.69, 9.17) is 0 Å². The number of hydrogen-bond donors (Lipinski definition) is 1. The van der Waals surface area contributed by atoms with Gasteiger partial charge in [-0.15, -0.1) is 0 Å². The highest BCUT2D eigenvalue weighted by Gasteiger charge is 2.35. The molecule has 1 atom stereocenters. The first-order valence-electron chi connectivity index (χ1n) is 8.52. The number of carbonyl (C=O) groups is 1. The predicted octanol–water partition coefficient (Wildman–Crippen LogP) is 3.20. The zero-order valence-corrected chi connectivity index (χ0v) is 14.3. The van der Waals surface area contributed by atoms with Crippen LogP contribution in [0.3, 0.4) is 0 Å². The van der Waals surface area contributed by atoms with Crippen LogP contribution in [0.1, 0.15) is 29.6 Å². The molecule has 124 valence electrons. The van der Waals surface area contributed by atoms with Gasteiger partial charge >= 0.3 is 0 Å². The van der Waals surface area contributed by atoms with Crippen molar-refractivity contribution in [2.24, 2.45) is 0 Å². The van der Waals surface area contributed by atoms with Crippen molar-refractivity contribution in [3.63, 3.8) is 0 Å². The van der Waals surface area contributed by atoms with Gasteiger partial charge in [-0.2, -0.15) is 0 Å². The Balaban J connectivity index is 1.44. The molecule has 1 aliphatic carbocycles. The number of nitrogens with zero attached hydrogens (tertiary/aromatic N) is 2. The normalized spacial score (nSPS) is 20.9. The molecule has 4 rings (SSSR count). The van der Waals surface area contributed by atoms with Crippen LogP contribution >= 0.6 is 11.8 Å². The van der Waals surface area contributed by atoms with Gasteiger partial charge in [0.1, 0.15) is 5.03 Å². The van der Waals surface area contributed by atoms with Gasteiger partial charge in [-0.25, -0.2) is 4.98 Å². The summed E-state index contributed by atoms with van der Waals surface area (Å²) in [4.78, 5) is 20.7. The number of amides is 1. The van der Waals surface area contributed by atoms with Crippen molar-refractivity contribution in [1.29, 1.82) is 0 Å². The van der Waals surface area contributed by atoms with E-state index in [1.54, 1.807) is 6.20 Å². The lowest BCUT2D eigenvalue weighted by atomic mass is 10.2. The van der Waals surface area contributed by atoms with Crippen molar-refractivity contribution in [3.05, 3.63) is 54.2 Å². The summed E-state index contributed by atoms with van der Waals surface area (Å²) in [6, 6.07) is 14.8. The fourth-order valence-corrected chi connectivity index (χ4v) is 4.09. The smallest absolute Gasteiger partial charge is 0.254 e. The molecule has 4 nitrogen and oxygen atoms in total. The van der Waals surface area contributed by atoms with Gasteiger partial charge in [0.2, 0.25) is 0 Å². The highest BCUT2D eigenvalue weighted by atomic mass is 32.2. The third-order valence-corrected chi connectivity index (χ3v) is 5.62. The summed E-state index contributed by atoms with van der Waals surface area (Å²) in [6.07, 6.45) is 5.43. The number of aromatic nitrogens is 1. The zero-order chi connectivity index (χ0) is 16.4. The molecule has 1 amide bonds. The standard InChI is InChI=1S/C19H21N3OS/c23-18(21-14-10-12-22(13-14)15-8-9-15)17-7-4-11-20-19(17)24-16-5-2-1-3-6-16/h1-7,11,14-15H,8-10,12-13H2,(H,21,23)/t14-/m0/s1. The molecule has 1 saturated heterocycles. The van der Waals surface area contributed by atoms with E-state index in [0.29, 0.717) is 5.56 Å². The maximum atomic E-state index is 12.7. The molecule has 2 heterocycles. The Morgan fingerprint density at radius 3 is 2.75 bits per heavy atom. The lowest BCUT2D eigenvalue weighted by molar-refractivity contribution is 0.0934. The van der Waals surface area contributed by atoms with Crippen molar-refractivity contribution in [2.75, 3.05) is 13.1 Å². The Kier molecular flexibility index (Phi) is 4.54. The van der Waals surface area contributed by atoms with Crippen LogP contribution in [0.15, 0.2) is 58.6 Å². The van der Waals surface area contributed by atoms with E-state index in [2.05, 4.69) is 15.2 Å². The van der Waals surface area contributed by atoms with E-state index < -0.39 is 0 Å². The maximum Gasteiger partial charge on any atom is 0.254 e.